The molecule has 0 aromatic heterocycles. The molecule has 0 aliphatic carbocycles. The van der Waals surface area contributed by atoms with E-state index in [1.165, 1.54) is 28.0 Å². The number of sulfonamides is 1. The molecule has 3 rings (SSSR count). The van der Waals surface area contributed by atoms with Crippen LogP contribution in [0.4, 0.5) is 0 Å². The van der Waals surface area contributed by atoms with Crippen molar-refractivity contribution < 1.29 is 33.0 Å². The van der Waals surface area contributed by atoms with Crippen LogP contribution < -0.4 is 15.0 Å². The van der Waals surface area contributed by atoms with Crippen molar-refractivity contribution >= 4 is 15.9 Å². The maximum atomic E-state index is 13.0. The molecule has 1 aliphatic rings. The van der Waals surface area contributed by atoms with E-state index >= 15 is 0 Å². The number of methoxy groups -OCH3 is 1. The number of carbonyl (C=O) groups excluding carboxylic acids is 1. The first-order chi connectivity index (χ1) is 13.9. The molecule has 1 heterocycles. The first kappa shape index (κ1) is 20.9. The van der Waals surface area contributed by atoms with E-state index in [-0.39, 0.29) is 24.1 Å². The SMILES string of the molecule is COc1ccc(OC2CCN(S(=O)(=O)c3cccc(O)c3C(=O)NO)CC2)cc1. The Bertz CT molecular complexity index is 969. The first-order valence-electron chi connectivity index (χ1n) is 8.94. The number of aromatic hydroxyl groups is 1. The highest BCUT2D eigenvalue weighted by Crippen LogP contribution is 2.30. The second kappa shape index (κ2) is 8.68. The number of nitrogens with zero attached hydrogens (tertiary/aromatic N) is 1. The summed E-state index contributed by atoms with van der Waals surface area (Å²) in [7, 11) is -2.47. The van der Waals surface area contributed by atoms with Gasteiger partial charge in [0.1, 0.15) is 28.9 Å². The van der Waals surface area contributed by atoms with Crippen LogP contribution in [0.1, 0.15) is 23.2 Å². The summed E-state index contributed by atoms with van der Waals surface area (Å²) in [4.78, 5) is 11.5. The van der Waals surface area contributed by atoms with E-state index in [9.17, 15) is 18.3 Å². The lowest BCUT2D eigenvalue weighted by Crippen LogP contribution is -2.42. The molecule has 156 valence electrons. The zero-order valence-electron chi connectivity index (χ0n) is 15.7. The summed E-state index contributed by atoms with van der Waals surface area (Å²) in [5, 5.41) is 18.8. The van der Waals surface area contributed by atoms with Crippen LogP contribution in [0.2, 0.25) is 0 Å². The second-order valence-electron chi connectivity index (χ2n) is 6.49. The Morgan fingerprint density at radius 1 is 1.10 bits per heavy atom. The Balaban J connectivity index is 1.71. The fourth-order valence-corrected chi connectivity index (χ4v) is 4.87. The molecule has 2 aromatic carbocycles. The van der Waals surface area contributed by atoms with Crippen molar-refractivity contribution in [2.75, 3.05) is 20.2 Å². The van der Waals surface area contributed by atoms with E-state index in [0.29, 0.717) is 24.3 Å². The molecule has 0 bridgehead atoms. The van der Waals surface area contributed by atoms with Crippen molar-refractivity contribution in [1.82, 2.24) is 9.79 Å². The van der Waals surface area contributed by atoms with Crippen molar-refractivity contribution in [3.63, 3.8) is 0 Å². The summed E-state index contributed by atoms with van der Waals surface area (Å²) in [6.07, 6.45) is 0.774. The predicted octanol–water partition coefficient (Wildman–Crippen LogP) is 1.75. The van der Waals surface area contributed by atoms with E-state index < -0.39 is 27.2 Å². The number of hydrogen-bond acceptors (Lipinski definition) is 7. The molecular formula is C19H22N2O7S. The number of piperidine rings is 1. The number of hydroxylamine groups is 1. The van der Waals surface area contributed by atoms with Gasteiger partial charge in [0.25, 0.3) is 5.91 Å². The van der Waals surface area contributed by atoms with Gasteiger partial charge in [-0.15, -0.1) is 0 Å². The summed E-state index contributed by atoms with van der Waals surface area (Å²) in [5.74, 6) is -0.246. The van der Waals surface area contributed by atoms with Crippen LogP contribution in [0.5, 0.6) is 17.2 Å². The molecule has 0 radical (unpaired) electrons. The minimum atomic E-state index is -4.05. The molecule has 1 saturated heterocycles. The highest BCUT2D eigenvalue weighted by Gasteiger charge is 2.34. The second-order valence-corrected chi connectivity index (χ2v) is 8.39. The monoisotopic (exact) mass is 422 g/mol. The highest BCUT2D eigenvalue weighted by molar-refractivity contribution is 7.89. The van der Waals surface area contributed by atoms with Gasteiger partial charge in [-0.2, -0.15) is 4.31 Å². The zero-order chi connectivity index (χ0) is 21.0. The smallest absolute Gasteiger partial charge is 0.279 e. The van der Waals surface area contributed by atoms with Crippen LogP contribution in [0.3, 0.4) is 0 Å². The van der Waals surface area contributed by atoms with E-state index in [2.05, 4.69) is 0 Å². The van der Waals surface area contributed by atoms with Gasteiger partial charge in [0.15, 0.2) is 0 Å². The minimum Gasteiger partial charge on any atom is -0.507 e. The van der Waals surface area contributed by atoms with Gasteiger partial charge in [0.05, 0.1) is 12.0 Å². The average Bonchev–Trinajstić information content (AvgIpc) is 2.74. The predicted molar refractivity (Wildman–Crippen MR) is 103 cm³/mol. The third-order valence-electron chi connectivity index (χ3n) is 4.71. The lowest BCUT2D eigenvalue weighted by Gasteiger charge is -2.31. The summed E-state index contributed by atoms with van der Waals surface area (Å²) in [6.45, 7) is 0.387. The number of ether oxygens (including phenoxy) is 2. The van der Waals surface area contributed by atoms with Gasteiger partial charge in [-0.3, -0.25) is 10.0 Å². The van der Waals surface area contributed by atoms with E-state index in [0.717, 1.165) is 0 Å². The molecular weight excluding hydrogens is 400 g/mol. The van der Waals surface area contributed by atoms with Gasteiger partial charge < -0.3 is 14.6 Å². The molecule has 9 nitrogen and oxygen atoms in total. The Hall–Kier alpha value is -2.82. The number of carbonyl (C=O) groups is 1. The lowest BCUT2D eigenvalue weighted by molar-refractivity contribution is 0.0699. The number of benzene rings is 2. The molecule has 0 atom stereocenters. The van der Waals surface area contributed by atoms with Crippen LogP contribution in [0, 0.1) is 0 Å². The molecule has 1 aliphatic heterocycles. The zero-order valence-corrected chi connectivity index (χ0v) is 16.6. The summed E-state index contributed by atoms with van der Waals surface area (Å²) in [5.41, 5.74) is 0.875. The van der Waals surface area contributed by atoms with E-state index in [1.807, 2.05) is 0 Å². The fraction of sp³-hybridized carbons (Fsp3) is 0.316. The van der Waals surface area contributed by atoms with Crippen molar-refractivity contribution in [2.45, 2.75) is 23.8 Å². The molecule has 1 amide bonds. The van der Waals surface area contributed by atoms with Gasteiger partial charge in [-0.1, -0.05) is 6.07 Å². The molecule has 2 aromatic rings. The van der Waals surface area contributed by atoms with Gasteiger partial charge >= 0.3 is 0 Å². The van der Waals surface area contributed by atoms with Crippen molar-refractivity contribution in [3.8, 4) is 17.2 Å². The highest BCUT2D eigenvalue weighted by atomic mass is 32.2. The maximum absolute atomic E-state index is 13.0. The average molecular weight is 422 g/mol. The van der Waals surface area contributed by atoms with Crippen LogP contribution in [-0.2, 0) is 10.0 Å². The summed E-state index contributed by atoms with van der Waals surface area (Å²) < 4.78 is 38.3. The molecule has 0 saturated carbocycles. The summed E-state index contributed by atoms with van der Waals surface area (Å²) in [6, 6.07) is 10.9. The number of amides is 1. The number of nitrogens with one attached hydrogen (secondary N) is 1. The maximum Gasteiger partial charge on any atom is 0.279 e. The van der Waals surface area contributed by atoms with Gasteiger partial charge in [0, 0.05) is 13.1 Å². The molecule has 29 heavy (non-hydrogen) atoms. The van der Waals surface area contributed by atoms with Gasteiger partial charge in [-0.05, 0) is 49.2 Å². The Morgan fingerprint density at radius 2 is 1.72 bits per heavy atom. The minimum absolute atomic E-state index is 0.153. The van der Waals surface area contributed by atoms with E-state index in [4.69, 9.17) is 14.7 Å². The first-order valence-corrected chi connectivity index (χ1v) is 10.4. The number of phenolic OH excluding ortho intramolecular Hbond substituents is 1. The Kier molecular flexibility index (Phi) is 6.26. The number of phenols is 1. The molecule has 1 fully saturated rings. The standard InChI is InChI=1S/C19H22N2O7S/c1-27-13-5-7-14(8-6-13)28-15-9-11-21(12-10-15)29(25,26)17-4-2-3-16(22)18(17)19(23)20-24/h2-8,15,22,24H,9-12H2,1H3,(H,20,23). The van der Waals surface area contributed by atoms with Crippen LogP contribution in [-0.4, -0.2) is 55.2 Å². The Labute approximate surface area is 168 Å². The Morgan fingerprint density at radius 3 is 2.31 bits per heavy atom. The topological polar surface area (TPSA) is 125 Å². The largest absolute Gasteiger partial charge is 0.507 e. The lowest BCUT2D eigenvalue weighted by atomic mass is 10.1. The molecule has 3 N–H and O–H groups in total. The van der Waals surface area contributed by atoms with Gasteiger partial charge in [0.2, 0.25) is 10.0 Å². The molecule has 10 heteroatoms. The number of hydrogen-bond donors (Lipinski definition) is 3. The van der Waals surface area contributed by atoms with Crippen LogP contribution in [0.25, 0.3) is 0 Å². The van der Waals surface area contributed by atoms with Crippen molar-refractivity contribution in [3.05, 3.63) is 48.0 Å². The van der Waals surface area contributed by atoms with Gasteiger partial charge in [-0.25, -0.2) is 13.9 Å². The van der Waals surface area contributed by atoms with Crippen LogP contribution in [0.15, 0.2) is 47.4 Å². The fourth-order valence-electron chi connectivity index (χ4n) is 3.19. The van der Waals surface area contributed by atoms with Crippen molar-refractivity contribution in [1.29, 1.82) is 0 Å². The molecule has 0 spiro atoms. The molecule has 0 unspecified atom stereocenters. The summed E-state index contributed by atoms with van der Waals surface area (Å²) >= 11 is 0. The number of rotatable bonds is 6. The van der Waals surface area contributed by atoms with Crippen LogP contribution >= 0.6 is 0 Å². The quantitative estimate of drug-likeness (QED) is 0.478. The van der Waals surface area contributed by atoms with E-state index in [1.54, 1.807) is 31.4 Å². The normalized spacial score (nSPS) is 15.7. The third-order valence-corrected chi connectivity index (χ3v) is 6.65. The third kappa shape index (κ3) is 4.44. The van der Waals surface area contributed by atoms with Crippen molar-refractivity contribution in [2.24, 2.45) is 0 Å².